The number of carbonyl (C=O) groups excluding carboxylic acids is 1. The summed E-state index contributed by atoms with van der Waals surface area (Å²) in [5.74, 6) is 0.669. The van der Waals surface area contributed by atoms with Crippen LogP contribution in [0.1, 0.15) is 12.5 Å². The molecule has 1 amide bonds. The summed E-state index contributed by atoms with van der Waals surface area (Å²) >= 11 is 15.0. The summed E-state index contributed by atoms with van der Waals surface area (Å²) in [6, 6.07) is 13.4. The lowest BCUT2D eigenvalue weighted by molar-refractivity contribution is -0.113. The number of aryl methyl sites for hydroxylation is 1. The van der Waals surface area contributed by atoms with E-state index in [1.165, 1.54) is 28.7 Å². The lowest BCUT2D eigenvalue weighted by atomic mass is 10.1. The topological polar surface area (TPSA) is 72.7 Å². The average Bonchev–Trinajstić information content (AvgIpc) is 3.39. The van der Waals surface area contributed by atoms with Crippen LogP contribution in [-0.2, 0) is 11.3 Å². The molecule has 0 aliphatic rings. The van der Waals surface area contributed by atoms with Crippen molar-refractivity contribution in [2.24, 2.45) is 0 Å². The van der Waals surface area contributed by atoms with Crippen LogP contribution in [0, 0.1) is 6.92 Å². The van der Waals surface area contributed by atoms with Crippen molar-refractivity contribution in [1.29, 1.82) is 0 Å². The number of aromatic nitrogens is 4. The molecule has 6 nitrogen and oxygen atoms in total. The predicted octanol–water partition coefficient (Wildman–Crippen LogP) is 6.43. The molecule has 2 aromatic heterocycles. The zero-order valence-corrected chi connectivity index (χ0v) is 20.4. The van der Waals surface area contributed by atoms with Gasteiger partial charge in [-0.3, -0.25) is 4.79 Å². The predicted molar refractivity (Wildman–Crippen MR) is 133 cm³/mol. The molecule has 2 aromatic carbocycles. The van der Waals surface area contributed by atoms with Gasteiger partial charge in [0.1, 0.15) is 0 Å². The molecule has 0 unspecified atom stereocenters. The Morgan fingerprint density at radius 3 is 2.66 bits per heavy atom. The second kappa shape index (κ2) is 10.0. The third kappa shape index (κ3) is 5.15. The van der Waals surface area contributed by atoms with E-state index in [2.05, 4.69) is 20.5 Å². The zero-order chi connectivity index (χ0) is 22.7. The minimum atomic E-state index is -0.156. The highest BCUT2D eigenvalue weighted by molar-refractivity contribution is 7.99. The number of thioether (sulfide) groups is 1. The third-order valence-electron chi connectivity index (χ3n) is 4.64. The van der Waals surface area contributed by atoms with E-state index in [1.807, 2.05) is 54.1 Å². The fraction of sp³-hybridized carbons (Fsp3) is 0.182. The Morgan fingerprint density at radius 2 is 1.94 bits per heavy atom. The van der Waals surface area contributed by atoms with Gasteiger partial charge in [-0.2, -0.15) is 0 Å². The first-order chi connectivity index (χ1) is 15.4. The van der Waals surface area contributed by atoms with Gasteiger partial charge < -0.3 is 9.88 Å². The monoisotopic (exact) mass is 503 g/mol. The van der Waals surface area contributed by atoms with Gasteiger partial charge in [0, 0.05) is 28.1 Å². The maximum Gasteiger partial charge on any atom is 0.236 e. The van der Waals surface area contributed by atoms with Gasteiger partial charge in [-0.1, -0.05) is 64.8 Å². The molecule has 10 heteroatoms. The normalized spacial score (nSPS) is 11.0. The number of amides is 1. The highest BCUT2D eigenvalue weighted by atomic mass is 35.5. The smallest absolute Gasteiger partial charge is 0.236 e. The Labute approximate surface area is 204 Å². The first-order valence-corrected chi connectivity index (χ1v) is 12.4. The SMILES string of the molecule is CCn1c(SCC(=O)Nc2nc(-c3ccc(C)cc3)cs2)nnc1-c1ccc(Cl)cc1Cl. The fourth-order valence-electron chi connectivity index (χ4n) is 3.02. The molecule has 0 radical (unpaired) electrons. The summed E-state index contributed by atoms with van der Waals surface area (Å²) in [6.07, 6.45) is 0. The first kappa shape index (κ1) is 22.8. The highest BCUT2D eigenvalue weighted by Crippen LogP contribution is 2.31. The van der Waals surface area contributed by atoms with Crippen LogP contribution in [-0.4, -0.2) is 31.4 Å². The third-order valence-corrected chi connectivity index (χ3v) is 6.91. The molecular weight excluding hydrogens is 485 g/mol. The number of anilines is 1. The van der Waals surface area contributed by atoms with Gasteiger partial charge in [0.05, 0.1) is 16.5 Å². The number of carbonyl (C=O) groups is 1. The van der Waals surface area contributed by atoms with Crippen molar-refractivity contribution in [3.8, 4) is 22.6 Å². The minimum absolute atomic E-state index is 0.156. The van der Waals surface area contributed by atoms with Crippen molar-refractivity contribution in [2.75, 3.05) is 11.1 Å². The summed E-state index contributed by atoms with van der Waals surface area (Å²) in [4.78, 5) is 17.0. The van der Waals surface area contributed by atoms with Crippen LogP contribution >= 0.6 is 46.3 Å². The molecule has 0 saturated heterocycles. The summed E-state index contributed by atoms with van der Waals surface area (Å²) in [5, 5.41) is 15.6. The molecule has 2 heterocycles. The summed E-state index contributed by atoms with van der Waals surface area (Å²) in [6.45, 7) is 4.67. The maximum atomic E-state index is 12.5. The molecule has 0 bridgehead atoms. The molecule has 1 N–H and O–H groups in total. The molecule has 0 aliphatic carbocycles. The van der Waals surface area contributed by atoms with Gasteiger partial charge in [-0.05, 0) is 32.0 Å². The van der Waals surface area contributed by atoms with Crippen LogP contribution in [0.3, 0.4) is 0 Å². The number of nitrogens with one attached hydrogen (secondary N) is 1. The summed E-state index contributed by atoms with van der Waals surface area (Å²) < 4.78 is 1.92. The van der Waals surface area contributed by atoms with Gasteiger partial charge >= 0.3 is 0 Å². The van der Waals surface area contributed by atoms with Crippen LogP contribution in [0.5, 0.6) is 0 Å². The Morgan fingerprint density at radius 1 is 1.16 bits per heavy atom. The quantitative estimate of drug-likeness (QED) is 0.294. The van der Waals surface area contributed by atoms with Crippen molar-refractivity contribution in [2.45, 2.75) is 25.5 Å². The van der Waals surface area contributed by atoms with E-state index in [0.717, 1.165) is 16.8 Å². The lowest BCUT2D eigenvalue weighted by Crippen LogP contribution is -2.14. The van der Waals surface area contributed by atoms with Crippen LogP contribution < -0.4 is 5.32 Å². The molecule has 0 fully saturated rings. The number of hydrogen-bond acceptors (Lipinski definition) is 6. The summed E-state index contributed by atoms with van der Waals surface area (Å²) in [5.41, 5.74) is 3.79. The second-order valence-electron chi connectivity index (χ2n) is 6.92. The van der Waals surface area contributed by atoms with Crippen LogP contribution in [0.2, 0.25) is 10.0 Å². The maximum absolute atomic E-state index is 12.5. The second-order valence-corrected chi connectivity index (χ2v) is 9.56. The molecule has 0 saturated carbocycles. The van der Waals surface area contributed by atoms with Crippen molar-refractivity contribution >= 4 is 57.3 Å². The van der Waals surface area contributed by atoms with Gasteiger partial charge in [-0.25, -0.2) is 4.98 Å². The first-order valence-electron chi connectivity index (χ1n) is 9.78. The number of hydrogen-bond donors (Lipinski definition) is 1. The molecule has 4 aromatic rings. The Bertz CT molecular complexity index is 1250. The van der Waals surface area contributed by atoms with Gasteiger partial charge in [0.2, 0.25) is 5.91 Å². The van der Waals surface area contributed by atoms with E-state index in [1.54, 1.807) is 12.1 Å². The fourth-order valence-corrected chi connectivity index (χ4v) is 5.06. The molecule has 0 spiro atoms. The van der Waals surface area contributed by atoms with Crippen LogP contribution in [0.4, 0.5) is 5.13 Å². The van der Waals surface area contributed by atoms with E-state index in [4.69, 9.17) is 23.2 Å². The Hall–Kier alpha value is -2.39. The largest absolute Gasteiger partial charge is 0.302 e. The van der Waals surface area contributed by atoms with Crippen molar-refractivity contribution in [3.63, 3.8) is 0 Å². The average molecular weight is 504 g/mol. The molecule has 0 atom stereocenters. The van der Waals surface area contributed by atoms with E-state index < -0.39 is 0 Å². The van der Waals surface area contributed by atoms with Gasteiger partial charge in [-0.15, -0.1) is 21.5 Å². The van der Waals surface area contributed by atoms with Gasteiger partial charge in [0.15, 0.2) is 16.1 Å². The van der Waals surface area contributed by atoms with Crippen molar-refractivity contribution < 1.29 is 4.79 Å². The van der Waals surface area contributed by atoms with Crippen LogP contribution in [0.25, 0.3) is 22.6 Å². The lowest BCUT2D eigenvalue weighted by Gasteiger charge is -2.08. The standard InChI is InChI=1S/C22H19Cl2N5OS2/c1-3-29-20(16-9-8-15(23)10-17(16)24)27-28-22(29)32-12-19(30)26-21-25-18(11-31-21)14-6-4-13(2)5-7-14/h4-11H,3,12H2,1-2H3,(H,25,26,30). The molecule has 4 rings (SSSR count). The number of rotatable bonds is 7. The Balaban J connectivity index is 1.41. The van der Waals surface area contributed by atoms with E-state index in [0.29, 0.717) is 32.7 Å². The van der Waals surface area contributed by atoms with E-state index in [9.17, 15) is 4.79 Å². The highest BCUT2D eigenvalue weighted by Gasteiger charge is 2.17. The van der Waals surface area contributed by atoms with Crippen molar-refractivity contribution in [3.05, 3.63) is 63.5 Å². The summed E-state index contributed by atoms with van der Waals surface area (Å²) in [7, 11) is 0. The minimum Gasteiger partial charge on any atom is -0.302 e. The van der Waals surface area contributed by atoms with E-state index >= 15 is 0 Å². The van der Waals surface area contributed by atoms with Crippen molar-refractivity contribution in [1.82, 2.24) is 19.7 Å². The van der Waals surface area contributed by atoms with Crippen LogP contribution in [0.15, 0.2) is 53.0 Å². The van der Waals surface area contributed by atoms with E-state index in [-0.39, 0.29) is 11.7 Å². The zero-order valence-electron chi connectivity index (χ0n) is 17.3. The molecule has 32 heavy (non-hydrogen) atoms. The number of halogens is 2. The molecule has 164 valence electrons. The Kier molecular flexibility index (Phi) is 7.15. The molecular formula is C22H19Cl2N5OS2. The van der Waals surface area contributed by atoms with Gasteiger partial charge in [0.25, 0.3) is 0 Å². The number of benzene rings is 2. The number of nitrogens with zero attached hydrogens (tertiary/aromatic N) is 4. The number of thiazole rings is 1. The molecule has 0 aliphatic heterocycles.